The van der Waals surface area contributed by atoms with E-state index in [1.54, 1.807) is 18.2 Å². The van der Waals surface area contributed by atoms with Gasteiger partial charge in [0.2, 0.25) is 0 Å². The van der Waals surface area contributed by atoms with Crippen LogP contribution in [-0.2, 0) is 24.4 Å². The van der Waals surface area contributed by atoms with E-state index in [0.29, 0.717) is 3.57 Å². The van der Waals surface area contributed by atoms with Gasteiger partial charge in [-0.15, -0.1) is 0 Å². The number of carbonyl (C=O) groups is 2. The molecular weight excluding hydrogens is 441 g/mol. The van der Waals surface area contributed by atoms with Crippen molar-refractivity contribution in [3.63, 3.8) is 0 Å². The van der Waals surface area contributed by atoms with Crippen LogP contribution in [0.2, 0.25) is 0 Å². The molecule has 0 aromatic heterocycles. The number of carbonyl (C=O) groups excluding carboxylic acids is 2. The number of esters is 2. The van der Waals surface area contributed by atoms with E-state index in [1.807, 2.05) is 22.6 Å². The Morgan fingerprint density at radius 1 is 1.23 bits per heavy atom. The van der Waals surface area contributed by atoms with Crippen LogP contribution in [0.5, 0.6) is 0 Å². The van der Waals surface area contributed by atoms with Gasteiger partial charge in [-0.05, 0) is 34.7 Å². The highest BCUT2D eigenvalue weighted by Gasteiger charge is 2.39. The molecule has 0 bridgehead atoms. The molecule has 0 heterocycles. The molecule has 22 heavy (non-hydrogen) atoms. The van der Waals surface area contributed by atoms with Crippen LogP contribution in [0.4, 0.5) is 8.78 Å². The minimum absolute atomic E-state index is 0.156. The second-order valence-electron chi connectivity index (χ2n) is 3.81. The van der Waals surface area contributed by atoms with Gasteiger partial charge < -0.3 is 14.0 Å². The van der Waals surface area contributed by atoms with Crippen LogP contribution in [-0.4, -0.2) is 43.4 Å². The van der Waals surface area contributed by atoms with Crippen molar-refractivity contribution >= 4 is 44.6 Å². The van der Waals surface area contributed by atoms with E-state index in [4.69, 9.17) is 0 Å². The molecule has 0 aliphatic heterocycles. The zero-order chi connectivity index (χ0) is 17.0. The molecule has 7 nitrogen and oxygen atoms in total. The maximum Gasteiger partial charge on any atom is 0.367 e. The van der Waals surface area contributed by atoms with E-state index in [2.05, 4.69) is 9.47 Å². The first kappa shape index (κ1) is 18.7. The zero-order valence-corrected chi connectivity index (χ0v) is 13.6. The van der Waals surface area contributed by atoms with E-state index in [0.717, 1.165) is 0 Å². The lowest BCUT2D eigenvalue weighted by molar-refractivity contribution is -0.153. The molecule has 0 saturated carbocycles. The Morgan fingerprint density at radius 3 is 2.36 bits per heavy atom. The maximum absolute atomic E-state index is 12.7. The molecule has 0 amide bonds. The van der Waals surface area contributed by atoms with Crippen molar-refractivity contribution in [1.82, 2.24) is 0 Å². The fourth-order valence-electron chi connectivity index (χ4n) is 1.11. The van der Waals surface area contributed by atoms with Gasteiger partial charge in [0.15, 0.2) is 23.3 Å². The Balaban J connectivity index is 2.51. The van der Waals surface area contributed by atoms with Gasteiger partial charge >= 0.3 is 17.2 Å². The Kier molecular flexibility index (Phi) is 6.19. The lowest BCUT2D eigenvalue weighted by Gasteiger charge is -2.19. The maximum atomic E-state index is 12.7. The van der Waals surface area contributed by atoms with Crippen molar-refractivity contribution in [2.45, 2.75) is 5.25 Å². The molecule has 0 aliphatic rings. The standard InChI is InChI=1S/C11H9F2IO7S/c12-11(13,22(17,18)19)6-21-9(15)5-20-10(16)7-3-1-2-4-8(7)14/h1-4H,5-6H2,(H,17,18,19)/p-1. The average molecular weight is 449 g/mol. The summed E-state index contributed by atoms with van der Waals surface area (Å²) in [4.78, 5) is 22.7. The summed E-state index contributed by atoms with van der Waals surface area (Å²) in [6.07, 6.45) is 0. The summed E-state index contributed by atoms with van der Waals surface area (Å²) in [5.74, 6) is -2.30. The van der Waals surface area contributed by atoms with Crippen LogP contribution < -0.4 is 0 Å². The highest BCUT2D eigenvalue weighted by Crippen LogP contribution is 2.20. The second kappa shape index (κ2) is 7.28. The molecule has 1 aromatic rings. The van der Waals surface area contributed by atoms with Crippen LogP contribution in [0.3, 0.4) is 0 Å². The number of hydrogen-bond acceptors (Lipinski definition) is 7. The summed E-state index contributed by atoms with van der Waals surface area (Å²) in [6, 6.07) is 6.25. The van der Waals surface area contributed by atoms with Gasteiger partial charge in [-0.1, -0.05) is 12.1 Å². The molecule has 122 valence electrons. The summed E-state index contributed by atoms with van der Waals surface area (Å²) in [5, 5.41) is -4.75. The first-order valence-corrected chi connectivity index (χ1v) is 7.94. The van der Waals surface area contributed by atoms with Crippen molar-refractivity contribution < 1.29 is 40.8 Å². The van der Waals surface area contributed by atoms with Crippen molar-refractivity contribution in [1.29, 1.82) is 0 Å². The quantitative estimate of drug-likeness (QED) is 0.364. The molecular formula is C11H8F2IO7S-. The molecule has 0 radical (unpaired) electrons. The number of hydrogen-bond donors (Lipinski definition) is 0. The highest BCUT2D eigenvalue weighted by atomic mass is 127. The zero-order valence-electron chi connectivity index (χ0n) is 10.6. The lowest BCUT2D eigenvalue weighted by Crippen LogP contribution is -2.35. The summed E-state index contributed by atoms with van der Waals surface area (Å²) in [6.45, 7) is -2.95. The van der Waals surface area contributed by atoms with Gasteiger partial charge in [0.05, 0.1) is 5.56 Å². The van der Waals surface area contributed by atoms with Gasteiger partial charge in [-0.3, -0.25) is 0 Å². The van der Waals surface area contributed by atoms with E-state index >= 15 is 0 Å². The monoisotopic (exact) mass is 449 g/mol. The Bertz CT molecular complexity index is 675. The van der Waals surface area contributed by atoms with Gasteiger partial charge in [-0.2, -0.15) is 8.78 Å². The number of ether oxygens (including phenoxy) is 2. The van der Waals surface area contributed by atoms with E-state index in [1.165, 1.54) is 6.07 Å². The largest absolute Gasteiger partial charge is 0.743 e. The normalized spacial score (nSPS) is 11.8. The van der Waals surface area contributed by atoms with Crippen LogP contribution in [0.1, 0.15) is 10.4 Å². The molecule has 0 spiro atoms. The van der Waals surface area contributed by atoms with Crippen molar-refractivity contribution in [3.8, 4) is 0 Å². The topological polar surface area (TPSA) is 110 Å². The van der Waals surface area contributed by atoms with Crippen LogP contribution in [0, 0.1) is 3.57 Å². The fraction of sp³-hybridized carbons (Fsp3) is 0.273. The van der Waals surface area contributed by atoms with Gasteiger partial charge in [0.1, 0.15) is 0 Å². The first-order valence-electron chi connectivity index (χ1n) is 5.45. The smallest absolute Gasteiger partial charge is 0.367 e. The SMILES string of the molecule is O=C(COC(=O)c1ccccc1I)OCC(F)(F)S(=O)(=O)[O-]. The second-order valence-corrected chi connectivity index (χ2v) is 6.48. The van der Waals surface area contributed by atoms with E-state index in [9.17, 15) is 31.3 Å². The van der Waals surface area contributed by atoms with Gasteiger partial charge in [0, 0.05) is 3.57 Å². The fourth-order valence-corrected chi connectivity index (χ4v) is 1.92. The molecule has 1 aromatic carbocycles. The molecule has 11 heteroatoms. The third-order valence-electron chi connectivity index (χ3n) is 2.18. The van der Waals surface area contributed by atoms with Crippen LogP contribution >= 0.6 is 22.6 Å². The van der Waals surface area contributed by atoms with Crippen molar-refractivity contribution in [2.24, 2.45) is 0 Å². The van der Waals surface area contributed by atoms with E-state index in [-0.39, 0.29) is 5.56 Å². The summed E-state index contributed by atoms with van der Waals surface area (Å²) < 4.78 is 64.9. The number of rotatable bonds is 6. The predicted octanol–water partition coefficient (Wildman–Crippen LogP) is 1.13. The first-order chi connectivity index (χ1) is 10.0. The molecule has 1 rings (SSSR count). The summed E-state index contributed by atoms with van der Waals surface area (Å²) >= 11 is 1.85. The lowest BCUT2D eigenvalue weighted by atomic mass is 10.2. The minimum Gasteiger partial charge on any atom is -0.743 e. The third kappa shape index (κ3) is 5.14. The molecule has 0 aliphatic carbocycles. The molecule has 0 N–H and O–H groups in total. The molecule has 0 unspecified atom stereocenters. The highest BCUT2D eigenvalue weighted by molar-refractivity contribution is 14.1. The minimum atomic E-state index is -5.95. The third-order valence-corrected chi connectivity index (χ3v) is 3.97. The Labute approximate surface area is 137 Å². The van der Waals surface area contributed by atoms with Gasteiger partial charge in [-0.25, -0.2) is 18.0 Å². The molecule has 0 atom stereocenters. The van der Waals surface area contributed by atoms with Crippen LogP contribution in [0.25, 0.3) is 0 Å². The van der Waals surface area contributed by atoms with Crippen LogP contribution in [0.15, 0.2) is 24.3 Å². The summed E-state index contributed by atoms with van der Waals surface area (Å²) in [7, 11) is -5.95. The van der Waals surface area contributed by atoms with Gasteiger partial charge in [0.25, 0.3) is 0 Å². The average Bonchev–Trinajstić information content (AvgIpc) is 2.42. The summed E-state index contributed by atoms with van der Waals surface area (Å²) in [5.41, 5.74) is 0.156. The molecule has 0 saturated heterocycles. The number of alkyl halides is 2. The van der Waals surface area contributed by atoms with Crippen molar-refractivity contribution in [2.75, 3.05) is 13.2 Å². The number of benzene rings is 1. The number of halogens is 3. The molecule has 0 fully saturated rings. The Morgan fingerprint density at radius 2 is 1.82 bits per heavy atom. The van der Waals surface area contributed by atoms with E-state index < -0.39 is 40.5 Å². The predicted molar refractivity (Wildman–Crippen MR) is 75.0 cm³/mol. The Hall–Kier alpha value is -1.34. The van der Waals surface area contributed by atoms with Crippen molar-refractivity contribution in [3.05, 3.63) is 33.4 Å².